The fourth-order valence-electron chi connectivity index (χ4n) is 2.24. The quantitative estimate of drug-likeness (QED) is 0.883. The molecular weight excluding hydrogens is 269 g/mol. The van der Waals surface area contributed by atoms with Crippen LogP contribution in [0.4, 0.5) is 10.1 Å². The van der Waals surface area contributed by atoms with Gasteiger partial charge in [0.1, 0.15) is 11.4 Å². The zero-order valence-electron chi connectivity index (χ0n) is 12.1. The molecule has 21 heavy (non-hydrogen) atoms. The molecular formula is C17H18FNO2. The fraction of sp³-hybridized carbons (Fsp3) is 0.235. The number of hydrogen-bond donors (Lipinski definition) is 2. The lowest BCUT2D eigenvalue weighted by Gasteiger charge is -2.28. The molecule has 0 saturated carbocycles. The fourth-order valence-corrected chi connectivity index (χ4v) is 2.24. The smallest absolute Gasteiger partial charge is 0.329 e. The topological polar surface area (TPSA) is 49.3 Å². The number of carboxylic acid groups (broad SMARTS) is 1. The normalized spacial score (nSPS) is 13.5. The van der Waals surface area contributed by atoms with Crippen LogP contribution in [-0.2, 0) is 11.2 Å². The Kier molecular flexibility index (Phi) is 4.26. The molecule has 2 rings (SSSR count). The molecule has 4 heteroatoms. The molecule has 2 aromatic carbocycles. The SMILES string of the molecule is Cc1cccc(NC(C)(Cc2ccccc2F)C(=O)O)c1. The van der Waals surface area contributed by atoms with E-state index in [1.807, 2.05) is 25.1 Å². The first-order valence-electron chi connectivity index (χ1n) is 6.72. The number of hydrogen-bond acceptors (Lipinski definition) is 2. The van der Waals surface area contributed by atoms with Crippen LogP contribution in [-0.4, -0.2) is 16.6 Å². The monoisotopic (exact) mass is 287 g/mol. The molecule has 0 aliphatic rings. The van der Waals surface area contributed by atoms with Crippen molar-refractivity contribution in [1.82, 2.24) is 0 Å². The molecule has 3 nitrogen and oxygen atoms in total. The van der Waals surface area contributed by atoms with E-state index in [2.05, 4.69) is 5.32 Å². The molecule has 2 N–H and O–H groups in total. The van der Waals surface area contributed by atoms with Crippen molar-refractivity contribution in [2.24, 2.45) is 0 Å². The Morgan fingerprint density at radius 2 is 1.95 bits per heavy atom. The van der Waals surface area contributed by atoms with Gasteiger partial charge in [-0.25, -0.2) is 9.18 Å². The van der Waals surface area contributed by atoms with E-state index >= 15 is 0 Å². The number of carboxylic acids is 1. The van der Waals surface area contributed by atoms with Crippen LogP contribution >= 0.6 is 0 Å². The highest BCUT2D eigenvalue weighted by atomic mass is 19.1. The van der Waals surface area contributed by atoms with Crippen molar-refractivity contribution in [2.45, 2.75) is 25.8 Å². The van der Waals surface area contributed by atoms with Gasteiger partial charge in [0.05, 0.1) is 0 Å². The van der Waals surface area contributed by atoms with Crippen molar-refractivity contribution in [3.05, 3.63) is 65.5 Å². The lowest BCUT2D eigenvalue weighted by molar-refractivity contribution is -0.141. The minimum Gasteiger partial charge on any atom is -0.480 e. The van der Waals surface area contributed by atoms with Gasteiger partial charge in [-0.15, -0.1) is 0 Å². The largest absolute Gasteiger partial charge is 0.480 e. The number of aliphatic carboxylic acids is 1. The first-order chi connectivity index (χ1) is 9.90. The maximum absolute atomic E-state index is 13.8. The number of aryl methyl sites for hydroxylation is 1. The van der Waals surface area contributed by atoms with Gasteiger partial charge >= 0.3 is 5.97 Å². The average Bonchev–Trinajstić information content (AvgIpc) is 2.41. The van der Waals surface area contributed by atoms with Crippen molar-refractivity contribution < 1.29 is 14.3 Å². The van der Waals surface area contributed by atoms with Gasteiger partial charge < -0.3 is 10.4 Å². The van der Waals surface area contributed by atoms with Gasteiger partial charge in [-0.05, 0) is 43.2 Å². The van der Waals surface area contributed by atoms with E-state index in [1.54, 1.807) is 31.2 Å². The highest BCUT2D eigenvalue weighted by molar-refractivity contribution is 5.82. The van der Waals surface area contributed by atoms with Gasteiger partial charge in [0, 0.05) is 12.1 Å². The molecule has 0 spiro atoms. The van der Waals surface area contributed by atoms with Gasteiger partial charge in [-0.1, -0.05) is 30.3 Å². The van der Waals surface area contributed by atoms with Crippen LogP contribution in [0, 0.1) is 12.7 Å². The van der Waals surface area contributed by atoms with Crippen LogP contribution in [0.5, 0.6) is 0 Å². The number of carbonyl (C=O) groups is 1. The third-order valence-corrected chi connectivity index (χ3v) is 3.41. The molecule has 0 aliphatic heterocycles. The maximum atomic E-state index is 13.8. The molecule has 0 radical (unpaired) electrons. The van der Waals surface area contributed by atoms with Gasteiger partial charge in [-0.2, -0.15) is 0 Å². The Morgan fingerprint density at radius 1 is 1.24 bits per heavy atom. The Labute approximate surface area is 123 Å². The van der Waals surface area contributed by atoms with Crippen molar-refractivity contribution in [3.8, 4) is 0 Å². The van der Waals surface area contributed by atoms with E-state index in [1.165, 1.54) is 6.07 Å². The number of halogens is 1. The first-order valence-corrected chi connectivity index (χ1v) is 6.72. The summed E-state index contributed by atoms with van der Waals surface area (Å²) >= 11 is 0. The summed E-state index contributed by atoms with van der Waals surface area (Å²) < 4.78 is 13.8. The Hall–Kier alpha value is -2.36. The summed E-state index contributed by atoms with van der Waals surface area (Å²) in [6, 6.07) is 13.7. The second kappa shape index (κ2) is 5.95. The third-order valence-electron chi connectivity index (χ3n) is 3.41. The van der Waals surface area contributed by atoms with Crippen LogP contribution in [0.1, 0.15) is 18.1 Å². The standard InChI is InChI=1S/C17H18FNO2/c1-12-6-5-8-14(10-12)19-17(2,16(20)21)11-13-7-3-4-9-15(13)18/h3-10,19H,11H2,1-2H3,(H,20,21). The summed E-state index contributed by atoms with van der Waals surface area (Å²) in [5, 5.41) is 12.5. The average molecular weight is 287 g/mol. The highest BCUT2D eigenvalue weighted by Crippen LogP contribution is 2.22. The lowest BCUT2D eigenvalue weighted by Crippen LogP contribution is -2.45. The van der Waals surface area contributed by atoms with Crippen molar-refractivity contribution in [2.75, 3.05) is 5.32 Å². The highest BCUT2D eigenvalue weighted by Gasteiger charge is 2.34. The van der Waals surface area contributed by atoms with Crippen LogP contribution in [0.15, 0.2) is 48.5 Å². The van der Waals surface area contributed by atoms with E-state index in [9.17, 15) is 14.3 Å². The molecule has 0 bridgehead atoms. The molecule has 2 aromatic rings. The zero-order valence-corrected chi connectivity index (χ0v) is 12.1. The number of rotatable bonds is 5. The van der Waals surface area contributed by atoms with Crippen LogP contribution in [0.2, 0.25) is 0 Å². The summed E-state index contributed by atoms with van der Waals surface area (Å²) in [5.74, 6) is -1.41. The summed E-state index contributed by atoms with van der Waals surface area (Å²) in [4.78, 5) is 11.6. The predicted molar refractivity (Wildman–Crippen MR) is 80.9 cm³/mol. The Balaban J connectivity index is 2.29. The van der Waals surface area contributed by atoms with Crippen molar-refractivity contribution in [3.63, 3.8) is 0 Å². The summed E-state index contributed by atoms with van der Waals surface area (Å²) in [6.07, 6.45) is 0.0585. The van der Waals surface area contributed by atoms with E-state index in [4.69, 9.17) is 0 Å². The second-order valence-electron chi connectivity index (χ2n) is 5.40. The zero-order chi connectivity index (χ0) is 15.5. The molecule has 110 valence electrons. The van der Waals surface area contributed by atoms with Crippen LogP contribution in [0.25, 0.3) is 0 Å². The van der Waals surface area contributed by atoms with Gasteiger partial charge in [0.15, 0.2) is 0 Å². The molecule has 1 unspecified atom stereocenters. The van der Waals surface area contributed by atoms with E-state index in [-0.39, 0.29) is 6.42 Å². The molecule has 0 aliphatic carbocycles. The molecule has 0 saturated heterocycles. The molecule has 0 amide bonds. The third kappa shape index (κ3) is 3.60. The van der Waals surface area contributed by atoms with Gasteiger partial charge in [0.25, 0.3) is 0 Å². The second-order valence-corrected chi connectivity index (χ2v) is 5.40. The first kappa shape index (κ1) is 15.0. The lowest BCUT2D eigenvalue weighted by atomic mass is 9.92. The van der Waals surface area contributed by atoms with Gasteiger partial charge in [-0.3, -0.25) is 0 Å². The van der Waals surface area contributed by atoms with E-state index in [0.717, 1.165) is 5.56 Å². The minimum absolute atomic E-state index is 0.0585. The number of anilines is 1. The number of benzene rings is 2. The van der Waals surface area contributed by atoms with E-state index in [0.29, 0.717) is 11.3 Å². The summed E-state index contributed by atoms with van der Waals surface area (Å²) in [6.45, 7) is 3.49. The minimum atomic E-state index is -1.28. The molecule has 0 aromatic heterocycles. The maximum Gasteiger partial charge on any atom is 0.329 e. The van der Waals surface area contributed by atoms with Crippen molar-refractivity contribution in [1.29, 1.82) is 0 Å². The van der Waals surface area contributed by atoms with E-state index < -0.39 is 17.3 Å². The Morgan fingerprint density at radius 3 is 2.57 bits per heavy atom. The van der Waals surface area contributed by atoms with Gasteiger partial charge in [0.2, 0.25) is 0 Å². The van der Waals surface area contributed by atoms with Crippen LogP contribution < -0.4 is 5.32 Å². The summed E-state index contributed by atoms with van der Waals surface area (Å²) in [5.41, 5.74) is 0.827. The van der Waals surface area contributed by atoms with Crippen LogP contribution in [0.3, 0.4) is 0 Å². The Bertz CT molecular complexity index is 657. The molecule has 0 heterocycles. The molecule has 1 atom stereocenters. The molecule has 0 fully saturated rings. The van der Waals surface area contributed by atoms with Crippen molar-refractivity contribution >= 4 is 11.7 Å². The summed E-state index contributed by atoms with van der Waals surface area (Å²) in [7, 11) is 0. The predicted octanol–water partition coefficient (Wildman–Crippen LogP) is 3.63. The number of nitrogens with one attached hydrogen (secondary N) is 1.